The highest BCUT2D eigenvalue weighted by molar-refractivity contribution is 5.95. The van der Waals surface area contributed by atoms with E-state index in [2.05, 4.69) is 38.0 Å². The third-order valence-corrected chi connectivity index (χ3v) is 4.23. The number of nitrogens with two attached hydrogens (primary N) is 1. The second-order valence-electron chi connectivity index (χ2n) is 6.20. The molecule has 0 fully saturated rings. The summed E-state index contributed by atoms with van der Waals surface area (Å²) in [5.74, 6) is 0.211. The van der Waals surface area contributed by atoms with Crippen molar-refractivity contribution in [1.29, 1.82) is 0 Å². The van der Waals surface area contributed by atoms with Gasteiger partial charge in [0.25, 0.3) is 5.91 Å². The van der Waals surface area contributed by atoms with Crippen molar-refractivity contribution in [2.45, 2.75) is 39.7 Å². The Morgan fingerprint density at radius 1 is 1.26 bits per heavy atom. The molecular weight excluding hydrogens is 333 g/mol. The normalized spacial score (nSPS) is 12.7. The number of anilines is 1. The smallest absolute Gasteiger partial charge is 0.251 e. The second-order valence-corrected chi connectivity index (χ2v) is 6.20. The number of amides is 1. The zero-order valence-electron chi connectivity index (χ0n) is 14.8. The Labute approximate surface area is 153 Å². The van der Waals surface area contributed by atoms with Crippen LogP contribution in [-0.2, 0) is 0 Å². The standard InChI is InChI=1S/C17H29N3O.2ClH/c1-6-11-20(5)15-9-7-14(8-10-15)16(21)19-17(4,12-18)13(2)3;;/h7-10,13H,6,11-12,18H2,1-5H3,(H,19,21);2*1H. The summed E-state index contributed by atoms with van der Waals surface area (Å²) < 4.78 is 0. The first-order valence-corrected chi connectivity index (χ1v) is 7.67. The van der Waals surface area contributed by atoms with E-state index in [1.54, 1.807) is 0 Å². The molecule has 0 aliphatic rings. The summed E-state index contributed by atoms with van der Waals surface area (Å²) in [6.07, 6.45) is 1.10. The largest absolute Gasteiger partial charge is 0.375 e. The topological polar surface area (TPSA) is 58.4 Å². The SMILES string of the molecule is CCCN(C)c1ccc(C(=O)NC(C)(CN)C(C)C)cc1.Cl.Cl. The number of rotatable bonds is 7. The van der Waals surface area contributed by atoms with Crippen molar-refractivity contribution >= 4 is 36.4 Å². The molecule has 0 saturated carbocycles. The summed E-state index contributed by atoms with van der Waals surface area (Å²) in [5, 5.41) is 3.06. The summed E-state index contributed by atoms with van der Waals surface area (Å²) >= 11 is 0. The number of nitrogens with zero attached hydrogens (tertiary/aromatic N) is 1. The molecule has 0 aliphatic carbocycles. The average molecular weight is 364 g/mol. The maximum atomic E-state index is 12.4. The minimum atomic E-state index is -0.380. The summed E-state index contributed by atoms with van der Waals surface area (Å²) in [7, 11) is 2.06. The van der Waals surface area contributed by atoms with Crippen molar-refractivity contribution in [1.82, 2.24) is 5.32 Å². The van der Waals surface area contributed by atoms with Crippen LogP contribution in [0.1, 0.15) is 44.5 Å². The molecule has 134 valence electrons. The molecule has 23 heavy (non-hydrogen) atoms. The number of halogens is 2. The van der Waals surface area contributed by atoms with Crippen molar-refractivity contribution in [3.8, 4) is 0 Å². The summed E-state index contributed by atoms with van der Waals surface area (Å²) in [6, 6.07) is 7.71. The Morgan fingerprint density at radius 3 is 2.17 bits per heavy atom. The number of carbonyl (C=O) groups is 1. The second kappa shape index (κ2) is 10.7. The van der Waals surface area contributed by atoms with E-state index in [4.69, 9.17) is 5.73 Å². The minimum Gasteiger partial charge on any atom is -0.375 e. The lowest BCUT2D eigenvalue weighted by Crippen LogP contribution is -2.55. The Balaban J connectivity index is 0. The Kier molecular flexibility index (Phi) is 11.3. The molecule has 4 nitrogen and oxygen atoms in total. The van der Waals surface area contributed by atoms with Gasteiger partial charge in [-0.25, -0.2) is 0 Å². The molecule has 1 amide bonds. The lowest BCUT2D eigenvalue weighted by atomic mass is 9.88. The van der Waals surface area contributed by atoms with Gasteiger partial charge in [0.05, 0.1) is 5.54 Å². The van der Waals surface area contributed by atoms with E-state index in [1.165, 1.54) is 0 Å². The molecule has 0 bridgehead atoms. The molecule has 1 rings (SSSR count). The monoisotopic (exact) mass is 363 g/mol. The molecule has 0 aliphatic heterocycles. The molecule has 1 atom stereocenters. The first-order chi connectivity index (χ1) is 9.84. The third kappa shape index (κ3) is 6.58. The van der Waals surface area contributed by atoms with Crippen LogP contribution in [-0.4, -0.2) is 31.6 Å². The highest BCUT2D eigenvalue weighted by atomic mass is 35.5. The zero-order chi connectivity index (χ0) is 16.0. The van der Waals surface area contributed by atoms with Gasteiger partial charge in [0.15, 0.2) is 0 Å². The van der Waals surface area contributed by atoms with Crippen LogP contribution in [0, 0.1) is 5.92 Å². The molecule has 0 aromatic heterocycles. The highest BCUT2D eigenvalue weighted by Gasteiger charge is 2.28. The fourth-order valence-corrected chi connectivity index (χ4v) is 2.09. The van der Waals surface area contributed by atoms with Crippen LogP contribution >= 0.6 is 24.8 Å². The van der Waals surface area contributed by atoms with Gasteiger partial charge < -0.3 is 16.0 Å². The lowest BCUT2D eigenvalue weighted by Gasteiger charge is -2.33. The molecule has 0 heterocycles. The van der Waals surface area contributed by atoms with E-state index in [1.807, 2.05) is 31.2 Å². The van der Waals surface area contributed by atoms with Gasteiger partial charge in [-0.15, -0.1) is 24.8 Å². The fraction of sp³-hybridized carbons (Fsp3) is 0.588. The molecule has 0 spiro atoms. The Bertz CT molecular complexity index is 465. The van der Waals surface area contributed by atoms with E-state index in [0.717, 1.165) is 18.7 Å². The first kappa shape index (κ1) is 24.3. The number of hydrogen-bond donors (Lipinski definition) is 2. The number of hydrogen-bond acceptors (Lipinski definition) is 3. The van der Waals surface area contributed by atoms with Crippen LogP contribution in [0.15, 0.2) is 24.3 Å². The van der Waals surface area contributed by atoms with Crippen molar-refractivity contribution in [2.75, 3.05) is 25.0 Å². The van der Waals surface area contributed by atoms with Crippen molar-refractivity contribution in [3.05, 3.63) is 29.8 Å². The van der Waals surface area contributed by atoms with Crippen LogP contribution in [0.4, 0.5) is 5.69 Å². The van der Waals surface area contributed by atoms with Gasteiger partial charge in [-0.3, -0.25) is 4.79 Å². The maximum Gasteiger partial charge on any atom is 0.251 e. The Hall–Kier alpha value is -0.970. The lowest BCUT2D eigenvalue weighted by molar-refractivity contribution is 0.0883. The minimum absolute atomic E-state index is 0. The summed E-state index contributed by atoms with van der Waals surface area (Å²) in [6.45, 7) is 9.70. The van der Waals surface area contributed by atoms with Gasteiger partial charge >= 0.3 is 0 Å². The number of benzene rings is 1. The Morgan fingerprint density at radius 2 is 1.78 bits per heavy atom. The van der Waals surface area contributed by atoms with Crippen molar-refractivity contribution in [3.63, 3.8) is 0 Å². The van der Waals surface area contributed by atoms with Crippen molar-refractivity contribution < 1.29 is 4.79 Å². The van der Waals surface area contributed by atoms with Gasteiger partial charge in [0, 0.05) is 31.4 Å². The third-order valence-electron chi connectivity index (χ3n) is 4.23. The predicted octanol–water partition coefficient (Wildman–Crippen LogP) is 3.48. The molecule has 6 heteroatoms. The average Bonchev–Trinajstić information content (AvgIpc) is 2.47. The predicted molar refractivity (Wildman–Crippen MR) is 104 cm³/mol. The highest BCUT2D eigenvalue weighted by Crippen LogP contribution is 2.18. The molecule has 0 saturated heterocycles. The summed E-state index contributed by atoms with van der Waals surface area (Å²) in [4.78, 5) is 14.5. The van der Waals surface area contributed by atoms with E-state index in [9.17, 15) is 4.79 Å². The summed E-state index contributed by atoms with van der Waals surface area (Å²) in [5.41, 5.74) is 7.22. The van der Waals surface area contributed by atoms with Gasteiger partial charge in [0.2, 0.25) is 0 Å². The van der Waals surface area contributed by atoms with Crippen LogP contribution in [0.3, 0.4) is 0 Å². The van der Waals surface area contributed by atoms with E-state index < -0.39 is 0 Å². The van der Waals surface area contributed by atoms with E-state index >= 15 is 0 Å². The van der Waals surface area contributed by atoms with Crippen LogP contribution in [0.5, 0.6) is 0 Å². The van der Waals surface area contributed by atoms with Gasteiger partial charge in [-0.05, 0) is 43.5 Å². The maximum absolute atomic E-state index is 12.4. The van der Waals surface area contributed by atoms with Gasteiger partial charge in [-0.1, -0.05) is 20.8 Å². The first-order valence-electron chi connectivity index (χ1n) is 7.67. The van der Waals surface area contributed by atoms with Gasteiger partial charge in [-0.2, -0.15) is 0 Å². The molecule has 3 N–H and O–H groups in total. The molecule has 0 radical (unpaired) electrons. The fourth-order valence-electron chi connectivity index (χ4n) is 2.09. The van der Waals surface area contributed by atoms with Crippen LogP contribution < -0.4 is 16.0 Å². The number of carbonyl (C=O) groups excluding carboxylic acids is 1. The molecule has 1 aromatic rings. The van der Waals surface area contributed by atoms with Crippen molar-refractivity contribution in [2.24, 2.45) is 11.7 Å². The van der Waals surface area contributed by atoms with E-state index in [0.29, 0.717) is 12.1 Å². The van der Waals surface area contributed by atoms with Crippen LogP contribution in [0.25, 0.3) is 0 Å². The zero-order valence-corrected chi connectivity index (χ0v) is 16.4. The molecule has 1 unspecified atom stereocenters. The molecule has 1 aromatic carbocycles. The van der Waals surface area contributed by atoms with Gasteiger partial charge in [0.1, 0.15) is 0 Å². The molecular formula is C17H31Cl2N3O. The van der Waals surface area contributed by atoms with E-state index in [-0.39, 0.29) is 42.2 Å². The number of nitrogens with one attached hydrogen (secondary N) is 1. The van der Waals surface area contributed by atoms with Crippen LogP contribution in [0.2, 0.25) is 0 Å². The quantitative estimate of drug-likeness (QED) is 0.779.